The molecule has 0 saturated carbocycles. The van der Waals surface area contributed by atoms with Crippen LogP contribution in [-0.4, -0.2) is 5.78 Å². The second-order valence-corrected chi connectivity index (χ2v) is 3.31. The molecule has 0 aliphatic rings. The first-order valence-corrected chi connectivity index (χ1v) is 4.65. The van der Waals surface area contributed by atoms with Crippen LogP contribution < -0.4 is 4.74 Å². The molecule has 15 heavy (non-hydrogen) atoms. The van der Waals surface area contributed by atoms with Crippen molar-refractivity contribution >= 4 is 5.78 Å². The summed E-state index contributed by atoms with van der Waals surface area (Å²) in [5.74, 6) is 1.13. The van der Waals surface area contributed by atoms with E-state index in [9.17, 15) is 4.79 Å². The third kappa shape index (κ3) is 2.81. The number of hydrogen-bond acceptors (Lipinski definition) is 2. The number of allylic oxidation sites excluding steroid dienone is 1. The van der Waals surface area contributed by atoms with Gasteiger partial charge in [0.05, 0.1) is 0 Å². The van der Waals surface area contributed by atoms with Crippen molar-refractivity contribution in [2.75, 3.05) is 0 Å². The normalized spacial score (nSPS) is 9.47. The number of Topliss-reactive ketones (excluding diaryl/α,β-unsaturated/α-hetero) is 1. The highest BCUT2D eigenvalue weighted by Gasteiger charge is 2.05. The Bertz CT molecular complexity index is 417. The summed E-state index contributed by atoms with van der Waals surface area (Å²) in [4.78, 5) is 11.2. The molecule has 0 N–H and O–H groups in total. The molecule has 0 unspecified atom stereocenters. The van der Waals surface area contributed by atoms with Gasteiger partial charge >= 0.3 is 0 Å². The van der Waals surface area contributed by atoms with Gasteiger partial charge in [-0.25, -0.2) is 0 Å². The number of rotatable bonds is 4. The van der Waals surface area contributed by atoms with E-state index in [1.54, 1.807) is 12.1 Å². The summed E-state index contributed by atoms with van der Waals surface area (Å²) in [6, 6.07) is 5.34. The SMILES string of the molecule is C=CC(=C)Oc1cc(C(C)=O)ccc1C. The Hall–Kier alpha value is -1.83. The molecule has 0 radical (unpaired) electrons. The van der Waals surface area contributed by atoms with E-state index < -0.39 is 0 Å². The fraction of sp³-hybridized carbons (Fsp3) is 0.154. The maximum atomic E-state index is 11.2. The molecule has 0 saturated heterocycles. The van der Waals surface area contributed by atoms with Gasteiger partial charge in [0.2, 0.25) is 0 Å². The molecule has 0 aromatic heterocycles. The molecule has 0 aliphatic carbocycles. The minimum Gasteiger partial charge on any atom is -0.458 e. The van der Waals surface area contributed by atoms with E-state index in [0.29, 0.717) is 17.1 Å². The molecule has 2 heteroatoms. The lowest BCUT2D eigenvalue weighted by Crippen LogP contribution is -1.97. The maximum absolute atomic E-state index is 11.2. The van der Waals surface area contributed by atoms with Crippen LogP contribution >= 0.6 is 0 Å². The average Bonchev–Trinajstić information content (AvgIpc) is 2.20. The molecular weight excluding hydrogens is 188 g/mol. The second kappa shape index (κ2) is 4.60. The highest BCUT2D eigenvalue weighted by Crippen LogP contribution is 2.21. The van der Waals surface area contributed by atoms with Crippen molar-refractivity contribution in [3.63, 3.8) is 0 Å². The van der Waals surface area contributed by atoms with Gasteiger partial charge in [0.25, 0.3) is 0 Å². The third-order valence-corrected chi connectivity index (χ3v) is 2.06. The Labute approximate surface area is 89.9 Å². The summed E-state index contributed by atoms with van der Waals surface area (Å²) in [6.07, 6.45) is 1.53. The van der Waals surface area contributed by atoms with Gasteiger partial charge in [0.1, 0.15) is 11.5 Å². The van der Waals surface area contributed by atoms with Crippen LogP contribution in [0.25, 0.3) is 0 Å². The fourth-order valence-corrected chi connectivity index (χ4v) is 1.11. The van der Waals surface area contributed by atoms with Crippen molar-refractivity contribution in [1.82, 2.24) is 0 Å². The molecule has 0 spiro atoms. The van der Waals surface area contributed by atoms with Crippen LogP contribution in [0.4, 0.5) is 0 Å². The quantitative estimate of drug-likeness (QED) is 0.425. The molecule has 0 aliphatic heterocycles. The molecule has 1 rings (SSSR count). The van der Waals surface area contributed by atoms with Gasteiger partial charge in [-0.2, -0.15) is 0 Å². The summed E-state index contributed by atoms with van der Waals surface area (Å²) in [7, 11) is 0. The topological polar surface area (TPSA) is 26.3 Å². The first-order valence-electron chi connectivity index (χ1n) is 4.65. The predicted octanol–water partition coefficient (Wildman–Crippen LogP) is 3.28. The third-order valence-electron chi connectivity index (χ3n) is 2.06. The molecule has 0 heterocycles. The highest BCUT2D eigenvalue weighted by molar-refractivity contribution is 5.94. The van der Waals surface area contributed by atoms with Crippen LogP contribution in [0.3, 0.4) is 0 Å². The highest BCUT2D eigenvalue weighted by atomic mass is 16.5. The number of hydrogen-bond donors (Lipinski definition) is 0. The summed E-state index contributed by atoms with van der Waals surface area (Å²) in [5, 5.41) is 0. The molecule has 0 amide bonds. The molecule has 2 nitrogen and oxygen atoms in total. The van der Waals surface area contributed by atoms with E-state index in [-0.39, 0.29) is 5.78 Å². The van der Waals surface area contributed by atoms with Crippen LogP contribution in [0.15, 0.2) is 43.2 Å². The van der Waals surface area contributed by atoms with Gasteiger partial charge in [-0.3, -0.25) is 4.79 Å². The molecule has 0 atom stereocenters. The average molecular weight is 202 g/mol. The van der Waals surface area contributed by atoms with Gasteiger partial charge in [-0.15, -0.1) is 0 Å². The van der Waals surface area contributed by atoms with Crippen molar-refractivity contribution < 1.29 is 9.53 Å². The van der Waals surface area contributed by atoms with Gasteiger partial charge in [0.15, 0.2) is 5.78 Å². The monoisotopic (exact) mass is 202 g/mol. The van der Waals surface area contributed by atoms with Crippen molar-refractivity contribution in [3.05, 3.63) is 54.3 Å². The summed E-state index contributed by atoms with van der Waals surface area (Å²) >= 11 is 0. The van der Waals surface area contributed by atoms with E-state index in [1.165, 1.54) is 13.0 Å². The van der Waals surface area contributed by atoms with Gasteiger partial charge in [-0.1, -0.05) is 25.3 Å². The minimum atomic E-state index is 0.0177. The zero-order valence-corrected chi connectivity index (χ0v) is 9.04. The van der Waals surface area contributed by atoms with Crippen molar-refractivity contribution in [1.29, 1.82) is 0 Å². The predicted molar refractivity (Wildman–Crippen MR) is 61.1 cm³/mol. The van der Waals surface area contributed by atoms with Gasteiger partial charge in [0, 0.05) is 5.56 Å². The van der Waals surface area contributed by atoms with E-state index in [0.717, 1.165) is 5.56 Å². The van der Waals surface area contributed by atoms with Crippen molar-refractivity contribution in [2.24, 2.45) is 0 Å². The number of aryl methyl sites for hydroxylation is 1. The Kier molecular flexibility index (Phi) is 3.45. The Morgan fingerprint density at radius 1 is 1.47 bits per heavy atom. The fourth-order valence-electron chi connectivity index (χ4n) is 1.11. The first kappa shape index (κ1) is 11.2. The van der Waals surface area contributed by atoms with Crippen LogP contribution in [0.1, 0.15) is 22.8 Å². The molecule has 0 bridgehead atoms. The van der Waals surface area contributed by atoms with E-state index in [1.807, 2.05) is 13.0 Å². The number of carbonyl (C=O) groups is 1. The van der Waals surface area contributed by atoms with E-state index >= 15 is 0 Å². The Balaban J connectivity index is 3.05. The number of ketones is 1. The number of benzene rings is 1. The van der Waals surface area contributed by atoms with E-state index in [2.05, 4.69) is 13.2 Å². The smallest absolute Gasteiger partial charge is 0.159 e. The minimum absolute atomic E-state index is 0.0177. The largest absolute Gasteiger partial charge is 0.458 e. The van der Waals surface area contributed by atoms with Crippen LogP contribution in [0, 0.1) is 6.92 Å². The summed E-state index contributed by atoms with van der Waals surface area (Å²) in [6.45, 7) is 10.6. The van der Waals surface area contributed by atoms with Crippen molar-refractivity contribution in [2.45, 2.75) is 13.8 Å². The molecule has 1 aromatic rings. The van der Waals surface area contributed by atoms with Crippen LogP contribution in [0.5, 0.6) is 5.75 Å². The number of ether oxygens (including phenoxy) is 1. The van der Waals surface area contributed by atoms with Gasteiger partial charge < -0.3 is 4.74 Å². The molecule has 1 aromatic carbocycles. The Morgan fingerprint density at radius 3 is 2.67 bits per heavy atom. The number of carbonyl (C=O) groups excluding carboxylic acids is 1. The second-order valence-electron chi connectivity index (χ2n) is 3.31. The zero-order chi connectivity index (χ0) is 11.4. The lowest BCUT2D eigenvalue weighted by Gasteiger charge is -2.09. The lowest BCUT2D eigenvalue weighted by atomic mass is 10.1. The zero-order valence-electron chi connectivity index (χ0n) is 9.04. The standard InChI is InChI=1S/C13H14O2/c1-5-10(3)15-13-8-12(11(4)14)7-6-9(13)2/h5-8H,1,3H2,2,4H3. The maximum Gasteiger partial charge on any atom is 0.159 e. The molecule has 0 fully saturated rings. The molecular formula is C13H14O2. The summed E-state index contributed by atoms with van der Waals surface area (Å²) in [5.41, 5.74) is 1.59. The molecule has 78 valence electrons. The van der Waals surface area contributed by atoms with Crippen molar-refractivity contribution in [3.8, 4) is 5.75 Å². The van der Waals surface area contributed by atoms with Gasteiger partial charge in [-0.05, 0) is 31.6 Å². The summed E-state index contributed by atoms with van der Waals surface area (Å²) < 4.78 is 5.42. The lowest BCUT2D eigenvalue weighted by molar-refractivity contribution is 0.101. The first-order chi connectivity index (χ1) is 7.04. The van der Waals surface area contributed by atoms with E-state index in [4.69, 9.17) is 4.74 Å². The Morgan fingerprint density at radius 2 is 2.13 bits per heavy atom. The van der Waals surface area contributed by atoms with Crippen LogP contribution in [-0.2, 0) is 0 Å². The van der Waals surface area contributed by atoms with Crippen LogP contribution in [0.2, 0.25) is 0 Å².